The molecule has 0 amide bonds. The maximum absolute atomic E-state index is 13.9. The predicted octanol–water partition coefficient (Wildman–Crippen LogP) is 12.2. The minimum absolute atomic E-state index is 0.140. The number of aliphatic hydroxyl groups is 1. The van der Waals surface area contributed by atoms with Gasteiger partial charge in [-0.05, 0) is 144 Å². The van der Waals surface area contributed by atoms with Gasteiger partial charge in [-0.15, -0.1) is 0 Å². The fraction of sp³-hybridized carbons (Fsp3) is 0.447. The highest BCUT2D eigenvalue weighted by Crippen LogP contribution is 2.27. The quantitative estimate of drug-likeness (QED) is 0.114. The highest BCUT2D eigenvalue weighted by molar-refractivity contribution is 7.92. The first kappa shape index (κ1) is 46.6. The maximum Gasteiger partial charge on any atom is 0.185 e. The minimum atomic E-state index is -3.64. The van der Waals surface area contributed by atoms with E-state index in [1.807, 2.05) is 45.9 Å². The van der Waals surface area contributed by atoms with Crippen LogP contribution in [0.2, 0.25) is 0 Å². The zero-order chi connectivity index (χ0) is 40.1. The molecule has 0 saturated heterocycles. The van der Waals surface area contributed by atoms with Crippen molar-refractivity contribution in [3.05, 3.63) is 142 Å². The van der Waals surface area contributed by atoms with Crippen molar-refractivity contribution in [1.29, 1.82) is 0 Å². The van der Waals surface area contributed by atoms with Gasteiger partial charge in [-0.1, -0.05) is 118 Å². The summed E-state index contributed by atoms with van der Waals surface area (Å²) in [5.41, 5.74) is 7.94. The van der Waals surface area contributed by atoms with Crippen LogP contribution in [0, 0.1) is 0 Å². The summed E-state index contributed by atoms with van der Waals surface area (Å²) >= 11 is 0. The van der Waals surface area contributed by atoms with E-state index in [0.717, 1.165) is 60.8 Å². The molecule has 2 aromatic carbocycles. The summed E-state index contributed by atoms with van der Waals surface area (Å²) in [7, 11) is -7.27. The van der Waals surface area contributed by atoms with Crippen molar-refractivity contribution in [2.75, 3.05) is 6.61 Å². The summed E-state index contributed by atoms with van der Waals surface area (Å²) in [4.78, 5) is 0.595. The van der Waals surface area contributed by atoms with Gasteiger partial charge in [0.15, 0.2) is 19.7 Å². The minimum Gasteiger partial charge on any atom is -0.392 e. The third-order valence-electron chi connectivity index (χ3n) is 9.55. The van der Waals surface area contributed by atoms with Gasteiger partial charge in [-0.2, -0.15) is 0 Å². The molecule has 2 atom stereocenters. The van der Waals surface area contributed by atoms with Gasteiger partial charge in [0, 0.05) is 0 Å². The first-order chi connectivity index (χ1) is 25.6. The second-order valence-electron chi connectivity index (χ2n) is 15.0. The van der Waals surface area contributed by atoms with Gasteiger partial charge >= 0.3 is 0 Å². The first-order valence-electron chi connectivity index (χ1n) is 19.4. The Balaban J connectivity index is 2.17. The molecule has 0 fully saturated rings. The Kier molecular flexibility index (Phi) is 20.8. The lowest BCUT2D eigenvalue weighted by molar-refractivity contribution is 0.341. The summed E-state index contributed by atoms with van der Waals surface area (Å²) < 4.78 is 55.1. The van der Waals surface area contributed by atoms with Crippen LogP contribution in [0.1, 0.15) is 120 Å². The van der Waals surface area contributed by atoms with Crippen LogP contribution in [-0.4, -0.2) is 39.0 Å². The second kappa shape index (κ2) is 24.1. The van der Waals surface area contributed by atoms with E-state index in [1.54, 1.807) is 60.7 Å². The number of hydrogen-bond donors (Lipinski definition) is 1. The number of rotatable bonds is 23. The number of aliphatic hydroxyl groups excluding tert-OH is 1. The smallest absolute Gasteiger partial charge is 0.185 e. The summed E-state index contributed by atoms with van der Waals surface area (Å²) in [6, 6.07) is 17.2. The highest BCUT2D eigenvalue weighted by Gasteiger charge is 2.27. The van der Waals surface area contributed by atoms with Gasteiger partial charge in [-0.25, -0.2) is 16.8 Å². The van der Waals surface area contributed by atoms with Crippen molar-refractivity contribution in [2.45, 2.75) is 140 Å². The Morgan fingerprint density at radius 1 is 0.481 bits per heavy atom. The van der Waals surface area contributed by atoms with Crippen LogP contribution in [0.15, 0.2) is 152 Å². The van der Waals surface area contributed by atoms with E-state index in [-0.39, 0.29) is 17.9 Å². The zero-order valence-electron chi connectivity index (χ0n) is 34.1. The fourth-order valence-electron chi connectivity index (χ4n) is 6.28. The molecule has 0 bridgehead atoms. The molecule has 54 heavy (non-hydrogen) atoms. The number of hydrogen-bond acceptors (Lipinski definition) is 5. The standard InChI is InChI=1S/C47H66O5S2/c1-37(2)19-15-20-38(3)21-16-22-39(4)23-17-24-40(5)33-46(53(49,50)44-27-11-9-12-28-44)34-41(6)25-18-26-42(7)35-47(36-43(8)31-32-48)54(51,52)45-29-13-10-14-30-45/h9-14,19,21,23,25,27-31,33,35,46-48H,15-18,20,22,24,26,32,34,36H2,1-8H3. The molecule has 0 aliphatic carbocycles. The SMILES string of the molecule is CC(C)=CCCC(C)=CCCC(C)=CCCC(C)=CC(CC(C)=CCCC(C)=CC(CC(C)=CCO)S(=O)(=O)c1ccccc1)S(=O)(=O)c1ccccc1. The summed E-state index contributed by atoms with van der Waals surface area (Å²) in [5, 5.41) is 7.92. The molecule has 0 aliphatic heterocycles. The van der Waals surface area contributed by atoms with Gasteiger partial charge in [-0.3, -0.25) is 0 Å². The molecule has 2 rings (SSSR count). The molecule has 0 spiro atoms. The average Bonchev–Trinajstić information content (AvgIpc) is 3.11. The third kappa shape index (κ3) is 17.3. The van der Waals surface area contributed by atoms with Crippen LogP contribution >= 0.6 is 0 Å². The number of benzene rings is 2. The van der Waals surface area contributed by atoms with E-state index in [2.05, 4.69) is 52.0 Å². The molecule has 0 aliphatic rings. The molecule has 5 nitrogen and oxygen atoms in total. The second-order valence-corrected chi connectivity index (χ2v) is 19.4. The van der Waals surface area contributed by atoms with Gasteiger partial charge in [0.25, 0.3) is 0 Å². The topological polar surface area (TPSA) is 88.5 Å². The van der Waals surface area contributed by atoms with Crippen LogP contribution < -0.4 is 0 Å². The summed E-state index contributed by atoms with van der Waals surface area (Å²) in [6.07, 6.45) is 22.3. The van der Waals surface area contributed by atoms with Crippen molar-refractivity contribution < 1.29 is 21.9 Å². The Bertz CT molecular complexity index is 1890. The number of allylic oxidation sites excluding steroid dienone is 11. The van der Waals surface area contributed by atoms with Crippen LogP contribution in [-0.2, 0) is 19.7 Å². The van der Waals surface area contributed by atoms with Gasteiger partial charge in [0.05, 0.1) is 26.9 Å². The molecular weight excluding hydrogens is 709 g/mol. The van der Waals surface area contributed by atoms with E-state index in [0.29, 0.717) is 24.2 Å². The maximum atomic E-state index is 13.9. The average molecular weight is 775 g/mol. The van der Waals surface area contributed by atoms with Crippen LogP contribution in [0.4, 0.5) is 0 Å². The summed E-state index contributed by atoms with van der Waals surface area (Å²) in [5.74, 6) is 0. The fourth-order valence-corrected chi connectivity index (χ4v) is 9.84. The molecule has 0 aromatic heterocycles. The van der Waals surface area contributed by atoms with Crippen LogP contribution in [0.25, 0.3) is 0 Å². The molecule has 296 valence electrons. The molecule has 0 radical (unpaired) electrons. The molecule has 7 heteroatoms. The monoisotopic (exact) mass is 774 g/mol. The normalized spacial score (nSPS) is 15.3. The molecular formula is C47H66O5S2. The van der Waals surface area contributed by atoms with Crippen molar-refractivity contribution >= 4 is 19.7 Å². The Labute approximate surface area is 328 Å². The van der Waals surface area contributed by atoms with E-state index >= 15 is 0 Å². The van der Waals surface area contributed by atoms with E-state index < -0.39 is 30.2 Å². The van der Waals surface area contributed by atoms with Crippen molar-refractivity contribution in [3.63, 3.8) is 0 Å². The Hall–Kier alpha value is -3.52. The number of sulfone groups is 2. The van der Waals surface area contributed by atoms with E-state index in [9.17, 15) is 21.9 Å². The van der Waals surface area contributed by atoms with Crippen LogP contribution in [0.5, 0.6) is 0 Å². The zero-order valence-corrected chi connectivity index (χ0v) is 35.8. The summed E-state index contributed by atoms with van der Waals surface area (Å²) in [6.45, 7) is 16.3. The van der Waals surface area contributed by atoms with Crippen LogP contribution in [0.3, 0.4) is 0 Å². The Morgan fingerprint density at radius 3 is 1.19 bits per heavy atom. The van der Waals surface area contributed by atoms with Crippen molar-refractivity contribution in [2.24, 2.45) is 0 Å². The third-order valence-corrected chi connectivity index (χ3v) is 13.6. The molecule has 0 saturated carbocycles. The highest BCUT2D eigenvalue weighted by atomic mass is 32.2. The Morgan fingerprint density at radius 2 is 0.815 bits per heavy atom. The molecule has 2 aromatic rings. The lowest BCUT2D eigenvalue weighted by atomic mass is 10.0. The van der Waals surface area contributed by atoms with E-state index in [4.69, 9.17) is 0 Å². The lowest BCUT2D eigenvalue weighted by Crippen LogP contribution is -2.20. The predicted molar refractivity (Wildman–Crippen MR) is 230 cm³/mol. The van der Waals surface area contributed by atoms with Gasteiger partial charge in [0.2, 0.25) is 0 Å². The van der Waals surface area contributed by atoms with Crippen molar-refractivity contribution in [1.82, 2.24) is 0 Å². The largest absolute Gasteiger partial charge is 0.392 e. The lowest BCUT2D eigenvalue weighted by Gasteiger charge is -2.17. The van der Waals surface area contributed by atoms with Gasteiger partial charge < -0.3 is 5.11 Å². The van der Waals surface area contributed by atoms with E-state index in [1.165, 1.54) is 16.7 Å². The van der Waals surface area contributed by atoms with Gasteiger partial charge in [0.1, 0.15) is 0 Å². The molecule has 1 N–H and O–H groups in total. The first-order valence-corrected chi connectivity index (χ1v) is 22.4. The van der Waals surface area contributed by atoms with Crippen molar-refractivity contribution in [3.8, 4) is 0 Å². The molecule has 2 unspecified atom stereocenters. The molecule has 0 heterocycles.